The first-order valence-corrected chi connectivity index (χ1v) is 22.7. The Bertz CT molecular complexity index is 3410. The van der Waals surface area contributed by atoms with Gasteiger partial charge >= 0.3 is 0 Å². The lowest BCUT2D eigenvalue weighted by Gasteiger charge is -2.45. The number of anilines is 3. The fourth-order valence-electron chi connectivity index (χ4n) is 11.6. The largest absolute Gasteiger partial charge is 0.310 e. The molecule has 0 atom stereocenters. The maximum Gasteiger partial charge on any atom is 0.0754 e. The van der Waals surface area contributed by atoms with Gasteiger partial charge in [0, 0.05) is 22.2 Å². The van der Waals surface area contributed by atoms with Crippen LogP contribution in [0, 0.1) is 0 Å². The third-order valence-electron chi connectivity index (χ3n) is 14.5. The Morgan fingerprint density at radius 1 is 0.323 bits per heavy atom. The highest BCUT2D eigenvalue weighted by Crippen LogP contribution is 2.65. The van der Waals surface area contributed by atoms with E-state index in [-0.39, 0.29) is 5.41 Å². The van der Waals surface area contributed by atoms with Crippen molar-refractivity contribution in [3.8, 4) is 67.0 Å². The zero-order valence-electron chi connectivity index (χ0n) is 36.3. The van der Waals surface area contributed by atoms with Crippen molar-refractivity contribution >= 4 is 17.1 Å². The van der Waals surface area contributed by atoms with Gasteiger partial charge in [-0.3, -0.25) is 0 Å². The van der Waals surface area contributed by atoms with Crippen molar-refractivity contribution in [3.05, 3.63) is 264 Å². The van der Waals surface area contributed by atoms with Crippen LogP contribution >= 0.6 is 0 Å². The predicted octanol–water partition coefficient (Wildman–Crippen LogP) is 16.2. The Morgan fingerprint density at radius 3 is 1.58 bits per heavy atom. The van der Waals surface area contributed by atoms with E-state index in [9.17, 15) is 0 Å². The zero-order chi connectivity index (χ0) is 43.3. The monoisotopic (exact) mass is 828 g/mol. The summed E-state index contributed by atoms with van der Waals surface area (Å²) >= 11 is 0. The van der Waals surface area contributed by atoms with Crippen LogP contribution in [0.25, 0.3) is 67.0 Å². The van der Waals surface area contributed by atoms with Gasteiger partial charge in [-0.15, -0.1) is 0 Å². The van der Waals surface area contributed by atoms with E-state index in [0.29, 0.717) is 0 Å². The molecule has 0 amide bonds. The molecular weight excluding hydrogens is 785 g/mol. The first kappa shape index (κ1) is 37.5. The summed E-state index contributed by atoms with van der Waals surface area (Å²) in [6.45, 7) is 4.74. The number of aromatic nitrogens is 1. The first-order valence-electron chi connectivity index (χ1n) is 22.7. The van der Waals surface area contributed by atoms with E-state index in [1.165, 1.54) is 78.1 Å². The molecule has 2 heteroatoms. The van der Waals surface area contributed by atoms with Gasteiger partial charge in [-0.25, -0.2) is 4.98 Å². The minimum absolute atomic E-state index is 0.103. The van der Waals surface area contributed by atoms with Gasteiger partial charge in [0.25, 0.3) is 0 Å². The van der Waals surface area contributed by atoms with Crippen LogP contribution < -0.4 is 4.90 Å². The Labute approximate surface area is 380 Å². The fraction of sp³-hybridized carbons (Fsp3) is 0.0635. The molecule has 0 fully saturated rings. The Hall–Kier alpha value is -8.07. The van der Waals surface area contributed by atoms with E-state index in [0.717, 1.165) is 39.3 Å². The minimum atomic E-state index is -0.613. The number of pyridine rings is 1. The van der Waals surface area contributed by atoms with E-state index < -0.39 is 5.41 Å². The summed E-state index contributed by atoms with van der Waals surface area (Å²) in [6, 6.07) is 85.1. The Morgan fingerprint density at radius 2 is 0.862 bits per heavy atom. The molecule has 65 heavy (non-hydrogen) atoms. The molecule has 0 saturated carbocycles. The molecule has 1 aromatic heterocycles. The van der Waals surface area contributed by atoms with Gasteiger partial charge in [-0.05, 0) is 126 Å². The van der Waals surface area contributed by atoms with E-state index in [2.05, 4.69) is 249 Å². The van der Waals surface area contributed by atoms with Crippen LogP contribution in [0.4, 0.5) is 17.1 Å². The molecule has 0 bridgehead atoms. The zero-order valence-corrected chi connectivity index (χ0v) is 36.3. The lowest BCUT2D eigenvalue weighted by atomic mass is 9.64. The Kier molecular flexibility index (Phi) is 8.20. The average Bonchev–Trinajstić information content (AvgIpc) is 3.79. The molecule has 2 heterocycles. The summed E-state index contributed by atoms with van der Waals surface area (Å²) in [5.41, 5.74) is 24.6. The molecule has 13 rings (SSSR count). The molecule has 2 nitrogen and oxygen atoms in total. The molecule has 10 aromatic rings. The van der Waals surface area contributed by atoms with Crippen molar-refractivity contribution in [3.63, 3.8) is 0 Å². The fourth-order valence-corrected chi connectivity index (χ4v) is 11.6. The molecule has 306 valence electrons. The number of fused-ring (bicyclic) bond motifs is 12. The van der Waals surface area contributed by atoms with Gasteiger partial charge in [0.15, 0.2) is 0 Å². The first-order chi connectivity index (χ1) is 32.0. The van der Waals surface area contributed by atoms with E-state index in [1.54, 1.807) is 0 Å². The summed E-state index contributed by atoms with van der Waals surface area (Å²) in [6.07, 6.45) is 0. The van der Waals surface area contributed by atoms with Gasteiger partial charge in [0.2, 0.25) is 0 Å². The third-order valence-corrected chi connectivity index (χ3v) is 14.5. The van der Waals surface area contributed by atoms with Crippen LogP contribution in [0.15, 0.2) is 231 Å². The standard InChI is InChI=1S/C63H44N2/c1-62(2)51-27-13-12-25-47(51)48-35-33-44(38-56(48)62)43-34-36-52-50(37-43)61-49(58-40-45(41-19-6-3-7-20-41)39-57(64-58)42-21-8-4-9-22-42)26-18-30-55(61)63(52)53-28-14-16-31-59(53)65(46-23-10-5-11-24-46)60-32-17-15-29-54(60)63/h3-40H,1-2H3. The predicted molar refractivity (Wildman–Crippen MR) is 269 cm³/mol. The summed E-state index contributed by atoms with van der Waals surface area (Å²) in [5.74, 6) is 0. The molecule has 9 aromatic carbocycles. The number of para-hydroxylation sites is 3. The van der Waals surface area contributed by atoms with Crippen molar-refractivity contribution in [1.82, 2.24) is 4.98 Å². The summed E-state index contributed by atoms with van der Waals surface area (Å²) < 4.78 is 0. The van der Waals surface area contributed by atoms with Gasteiger partial charge in [0.1, 0.15) is 0 Å². The van der Waals surface area contributed by atoms with Crippen LogP contribution in [-0.4, -0.2) is 4.98 Å². The normalized spacial score (nSPS) is 14.2. The van der Waals surface area contributed by atoms with Crippen molar-refractivity contribution < 1.29 is 0 Å². The highest BCUT2D eigenvalue weighted by Gasteiger charge is 2.52. The van der Waals surface area contributed by atoms with E-state index in [1.807, 2.05) is 0 Å². The SMILES string of the molecule is CC1(C)c2ccccc2-c2ccc(-c3ccc4c(c3)-c3c(-c5cc(-c6ccccc6)cc(-c6ccccc6)n5)cccc3C43c4ccccc4N(c4ccccc4)c4ccccc43)cc21. The number of rotatable bonds is 5. The second kappa shape index (κ2) is 14.2. The highest BCUT2D eigenvalue weighted by atomic mass is 15.2. The van der Waals surface area contributed by atoms with Crippen LogP contribution in [0.3, 0.4) is 0 Å². The van der Waals surface area contributed by atoms with Crippen LogP contribution in [0.2, 0.25) is 0 Å². The number of hydrogen-bond donors (Lipinski definition) is 0. The molecule has 0 N–H and O–H groups in total. The van der Waals surface area contributed by atoms with Crippen LogP contribution in [0.1, 0.15) is 47.2 Å². The quantitative estimate of drug-likeness (QED) is 0.172. The van der Waals surface area contributed by atoms with Crippen molar-refractivity contribution in [1.29, 1.82) is 0 Å². The molecule has 0 unspecified atom stereocenters. The van der Waals surface area contributed by atoms with Crippen LogP contribution in [0.5, 0.6) is 0 Å². The summed E-state index contributed by atoms with van der Waals surface area (Å²) in [7, 11) is 0. The second-order valence-corrected chi connectivity index (χ2v) is 18.2. The molecule has 2 aliphatic carbocycles. The maximum atomic E-state index is 5.57. The van der Waals surface area contributed by atoms with Gasteiger partial charge < -0.3 is 4.90 Å². The number of hydrogen-bond acceptors (Lipinski definition) is 2. The minimum Gasteiger partial charge on any atom is -0.310 e. The molecule has 0 radical (unpaired) electrons. The maximum absolute atomic E-state index is 5.57. The topological polar surface area (TPSA) is 16.1 Å². The number of nitrogens with zero attached hydrogens (tertiary/aromatic N) is 2. The van der Waals surface area contributed by atoms with Gasteiger partial charge in [0.05, 0.1) is 28.2 Å². The van der Waals surface area contributed by atoms with Gasteiger partial charge in [-0.2, -0.15) is 0 Å². The third kappa shape index (κ3) is 5.44. The molecule has 1 aliphatic heterocycles. The molecule has 3 aliphatic rings. The van der Waals surface area contributed by atoms with E-state index in [4.69, 9.17) is 4.98 Å². The highest BCUT2D eigenvalue weighted by molar-refractivity contribution is 6.01. The van der Waals surface area contributed by atoms with Crippen LogP contribution in [-0.2, 0) is 10.8 Å². The number of benzene rings is 9. The van der Waals surface area contributed by atoms with Crippen molar-refractivity contribution in [2.45, 2.75) is 24.7 Å². The molecule has 1 spiro atoms. The van der Waals surface area contributed by atoms with Crippen molar-refractivity contribution in [2.75, 3.05) is 4.90 Å². The van der Waals surface area contributed by atoms with E-state index >= 15 is 0 Å². The average molecular weight is 829 g/mol. The second-order valence-electron chi connectivity index (χ2n) is 18.2. The summed E-state index contributed by atoms with van der Waals surface area (Å²) in [4.78, 5) is 8.02. The summed E-state index contributed by atoms with van der Waals surface area (Å²) in [5, 5.41) is 0. The molecule has 0 saturated heterocycles. The smallest absolute Gasteiger partial charge is 0.0754 e. The van der Waals surface area contributed by atoms with Crippen molar-refractivity contribution in [2.24, 2.45) is 0 Å². The Balaban J connectivity index is 1.10. The lowest BCUT2D eigenvalue weighted by Crippen LogP contribution is -2.36. The lowest BCUT2D eigenvalue weighted by molar-refractivity contribution is 0.660. The molecular formula is C63H44N2. The van der Waals surface area contributed by atoms with Gasteiger partial charge in [-0.1, -0.05) is 196 Å².